The maximum Gasteiger partial charge on any atom is 0.242 e. The summed E-state index contributed by atoms with van der Waals surface area (Å²) in [4.78, 5) is 28.8. The van der Waals surface area contributed by atoms with Crippen LogP contribution in [0.5, 0.6) is 0 Å². The zero-order valence-electron chi connectivity index (χ0n) is 16.0. The number of rotatable bonds is 5. The minimum atomic E-state index is -0.276. The third-order valence-electron chi connectivity index (χ3n) is 5.67. The summed E-state index contributed by atoms with van der Waals surface area (Å²) in [6.07, 6.45) is 0.626. The monoisotopic (exact) mass is 415 g/mol. The quantitative estimate of drug-likeness (QED) is 0.816. The molecule has 2 atom stereocenters. The lowest BCUT2D eigenvalue weighted by Crippen LogP contribution is -2.51. The molecule has 0 radical (unpaired) electrons. The maximum absolute atomic E-state index is 13.8. The highest BCUT2D eigenvalue weighted by molar-refractivity contribution is 6.30. The normalized spacial score (nSPS) is 21.0. The summed E-state index contributed by atoms with van der Waals surface area (Å²) in [5.41, 5.74) is 1.67. The minimum absolute atomic E-state index is 0.0136. The van der Waals surface area contributed by atoms with Crippen LogP contribution in [0.15, 0.2) is 48.5 Å². The Morgan fingerprint density at radius 2 is 1.72 bits per heavy atom. The Labute approximate surface area is 174 Å². The van der Waals surface area contributed by atoms with Gasteiger partial charge >= 0.3 is 0 Å². The molecular formula is C22H23ClFN3O2. The number of amides is 2. The van der Waals surface area contributed by atoms with Crippen LogP contribution in [0, 0.1) is 11.7 Å². The van der Waals surface area contributed by atoms with Crippen molar-refractivity contribution in [1.29, 1.82) is 0 Å². The van der Waals surface area contributed by atoms with E-state index in [9.17, 15) is 14.0 Å². The number of carbonyl (C=O) groups is 2. The van der Waals surface area contributed by atoms with Crippen molar-refractivity contribution in [2.45, 2.75) is 12.3 Å². The second-order valence-corrected chi connectivity index (χ2v) is 7.97. The molecule has 1 aliphatic heterocycles. The van der Waals surface area contributed by atoms with Gasteiger partial charge in [0.2, 0.25) is 11.8 Å². The Balaban J connectivity index is 1.22. The Bertz CT molecular complexity index is 897. The number of nitrogens with one attached hydrogen (secondary N) is 1. The number of benzene rings is 2. The number of halogens is 2. The Hall–Kier alpha value is -2.60. The van der Waals surface area contributed by atoms with Gasteiger partial charge in [0, 0.05) is 42.8 Å². The van der Waals surface area contributed by atoms with Crippen LogP contribution in [0.25, 0.3) is 0 Å². The lowest BCUT2D eigenvalue weighted by molar-refractivity contribution is -0.133. The van der Waals surface area contributed by atoms with Gasteiger partial charge in [0.25, 0.3) is 0 Å². The van der Waals surface area contributed by atoms with Crippen LogP contribution in [0.1, 0.15) is 17.9 Å². The zero-order valence-corrected chi connectivity index (χ0v) is 16.7. The fourth-order valence-electron chi connectivity index (χ4n) is 3.88. The van der Waals surface area contributed by atoms with Crippen LogP contribution < -0.4 is 10.2 Å². The fourth-order valence-corrected chi connectivity index (χ4v) is 4.00. The summed E-state index contributed by atoms with van der Waals surface area (Å²) in [5.74, 6) is -0.873. The first kappa shape index (κ1) is 19.7. The number of hydrogen-bond acceptors (Lipinski definition) is 3. The number of anilines is 1. The van der Waals surface area contributed by atoms with E-state index in [1.165, 1.54) is 6.07 Å². The Morgan fingerprint density at radius 3 is 2.41 bits per heavy atom. The van der Waals surface area contributed by atoms with Crippen LogP contribution in [0.3, 0.4) is 0 Å². The molecule has 0 bridgehead atoms. The molecule has 1 saturated carbocycles. The third-order valence-corrected chi connectivity index (χ3v) is 5.92. The molecule has 152 valence electrons. The first-order chi connectivity index (χ1) is 14.0. The van der Waals surface area contributed by atoms with Gasteiger partial charge in [0.05, 0.1) is 6.54 Å². The van der Waals surface area contributed by atoms with Gasteiger partial charge in [-0.3, -0.25) is 9.59 Å². The van der Waals surface area contributed by atoms with Crippen molar-refractivity contribution in [3.05, 3.63) is 64.9 Å². The topological polar surface area (TPSA) is 52.7 Å². The predicted molar refractivity (Wildman–Crippen MR) is 111 cm³/mol. The molecule has 0 aromatic heterocycles. The van der Waals surface area contributed by atoms with Gasteiger partial charge in [-0.25, -0.2) is 4.39 Å². The van der Waals surface area contributed by atoms with E-state index in [1.807, 2.05) is 24.3 Å². The van der Waals surface area contributed by atoms with Crippen LogP contribution in [-0.4, -0.2) is 49.4 Å². The average Bonchev–Trinajstić information content (AvgIpc) is 3.53. The van der Waals surface area contributed by atoms with Crippen LogP contribution in [0.4, 0.5) is 10.1 Å². The molecule has 2 unspecified atom stereocenters. The Morgan fingerprint density at radius 1 is 1.03 bits per heavy atom. The van der Waals surface area contributed by atoms with E-state index in [-0.39, 0.29) is 36.0 Å². The first-order valence-electron chi connectivity index (χ1n) is 9.83. The molecule has 1 aliphatic carbocycles. The molecule has 4 rings (SSSR count). The highest BCUT2D eigenvalue weighted by atomic mass is 35.5. The molecule has 1 saturated heterocycles. The molecule has 29 heavy (non-hydrogen) atoms. The molecule has 5 nitrogen and oxygen atoms in total. The SMILES string of the molecule is O=C(NCC(=O)N1CCN(c2ccc(Cl)cc2)CC1)C1CC1c1ccccc1F. The van der Waals surface area contributed by atoms with Crippen molar-refractivity contribution in [3.63, 3.8) is 0 Å². The lowest BCUT2D eigenvalue weighted by atomic mass is 10.1. The standard InChI is InChI=1S/C22H23ClFN3O2/c23-15-5-7-16(8-6-15)26-9-11-27(12-10-26)21(28)14-25-22(29)19-13-18(19)17-3-1-2-4-20(17)24/h1-8,18-19H,9-14H2,(H,25,29). The van der Waals surface area contributed by atoms with Crippen molar-refractivity contribution in [2.75, 3.05) is 37.6 Å². The van der Waals surface area contributed by atoms with Crippen molar-refractivity contribution >= 4 is 29.1 Å². The largest absolute Gasteiger partial charge is 0.368 e. The number of piperazine rings is 1. The smallest absolute Gasteiger partial charge is 0.242 e. The van der Waals surface area contributed by atoms with E-state index in [0.717, 1.165) is 18.8 Å². The van der Waals surface area contributed by atoms with Gasteiger partial charge in [-0.1, -0.05) is 29.8 Å². The van der Waals surface area contributed by atoms with Gasteiger partial charge in [0.15, 0.2) is 0 Å². The average molecular weight is 416 g/mol. The number of nitrogens with zero attached hydrogens (tertiary/aromatic N) is 2. The summed E-state index contributed by atoms with van der Waals surface area (Å²) in [6.45, 7) is 2.68. The van der Waals surface area contributed by atoms with E-state index >= 15 is 0 Å². The van der Waals surface area contributed by atoms with E-state index in [0.29, 0.717) is 30.1 Å². The van der Waals surface area contributed by atoms with E-state index < -0.39 is 0 Å². The molecule has 2 amide bonds. The van der Waals surface area contributed by atoms with E-state index in [2.05, 4.69) is 10.2 Å². The minimum Gasteiger partial charge on any atom is -0.368 e. The first-order valence-corrected chi connectivity index (χ1v) is 10.2. The molecule has 7 heteroatoms. The van der Waals surface area contributed by atoms with Crippen molar-refractivity contribution in [3.8, 4) is 0 Å². The zero-order chi connectivity index (χ0) is 20.4. The van der Waals surface area contributed by atoms with Gasteiger partial charge in [-0.15, -0.1) is 0 Å². The second-order valence-electron chi connectivity index (χ2n) is 7.53. The molecule has 0 spiro atoms. The van der Waals surface area contributed by atoms with E-state index in [1.54, 1.807) is 23.1 Å². The van der Waals surface area contributed by atoms with E-state index in [4.69, 9.17) is 11.6 Å². The van der Waals surface area contributed by atoms with Crippen molar-refractivity contribution in [2.24, 2.45) is 5.92 Å². The second kappa shape index (κ2) is 8.41. The Kier molecular flexibility index (Phi) is 5.72. The molecule has 2 aromatic rings. The summed E-state index contributed by atoms with van der Waals surface area (Å²) >= 11 is 5.93. The summed E-state index contributed by atoms with van der Waals surface area (Å²) in [5, 5.41) is 3.43. The van der Waals surface area contributed by atoms with Gasteiger partial charge in [-0.05, 0) is 48.2 Å². The molecule has 1 N–H and O–H groups in total. The van der Waals surface area contributed by atoms with Crippen LogP contribution in [0.2, 0.25) is 5.02 Å². The van der Waals surface area contributed by atoms with Gasteiger partial charge < -0.3 is 15.1 Å². The molecule has 2 fully saturated rings. The predicted octanol–water partition coefficient (Wildman–Crippen LogP) is 3.05. The molecule has 1 heterocycles. The molecule has 2 aromatic carbocycles. The summed E-state index contributed by atoms with van der Waals surface area (Å²) in [7, 11) is 0. The molecule has 2 aliphatic rings. The van der Waals surface area contributed by atoms with Gasteiger partial charge in [0.1, 0.15) is 5.82 Å². The highest BCUT2D eigenvalue weighted by Gasteiger charge is 2.45. The van der Waals surface area contributed by atoms with Gasteiger partial charge in [-0.2, -0.15) is 0 Å². The lowest BCUT2D eigenvalue weighted by Gasteiger charge is -2.36. The van der Waals surface area contributed by atoms with Crippen LogP contribution >= 0.6 is 11.6 Å². The fraction of sp³-hybridized carbons (Fsp3) is 0.364. The maximum atomic E-state index is 13.8. The third kappa shape index (κ3) is 4.53. The summed E-state index contributed by atoms with van der Waals surface area (Å²) in [6, 6.07) is 14.2. The highest BCUT2D eigenvalue weighted by Crippen LogP contribution is 2.48. The number of carbonyl (C=O) groups excluding carboxylic acids is 2. The van der Waals surface area contributed by atoms with Crippen molar-refractivity contribution < 1.29 is 14.0 Å². The summed E-state index contributed by atoms with van der Waals surface area (Å²) < 4.78 is 13.8. The van der Waals surface area contributed by atoms with Crippen molar-refractivity contribution in [1.82, 2.24) is 10.2 Å². The number of hydrogen-bond donors (Lipinski definition) is 1. The molecular weight excluding hydrogens is 393 g/mol. The van der Waals surface area contributed by atoms with Crippen LogP contribution in [-0.2, 0) is 9.59 Å².